The standard InChI is InChI=1S/C48H72F3N7O10S/c1-13-30(6)41(57(10)46(63)39(28(2)3)54-45(62)40(29(4)5)56(8)9)37(67-11)27-38(59)58-25-17-20-36(58)42(68-12)31(7)43(60)53-35(26-32-18-15-14-16-19-32)44(61)55-69(65,66)34-23-21-33(22-24-34)52-47(64)48(49,50)51/h14-16,18-19,21-24,28-31,35-37,39-42H,13,17,20,25-27H2,1-12H3,(H,52,64)(H,53,60)(H,54,62)(H,55,61)/t30-,31+,35-,36-,37-,39-,40-,41-,42+/m0/s1. The van der Waals surface area contributed by atoms with Gasteiger partial charge in [0.25, 0.3) is 15.9 Å². The first-order valence-corrected chi connectivity index (χ1v) is 24.7. The van der Waals surface area contributed by atoms with Crippen molar-refractivity contribution in [2.45, 2.75) is 134 Å². The number of hydrogen-bond donors (Lipinski definition) is 4. The van der Waals surface area contributed by atoms with Crippen molar-refractivity contribution in [2.24, 2.45) is 23.7 Å². The van der Waals surface area contributed by atoms with E-state index in [1.54, 1.807) is 59.4 Å². The molecular weight excluding hydrogens is 924 g/mol. The van der Waals surface area contributed by atoms with E-state index >= 15 is 0 Å². The van der Waals surface area contributed by atoms with Crippen LogP contribution >= 0.6 is 0 Å². The van der Waals surface area contributed by atoms with Crippen molar-refractivity contribution in [3.63, 3.8) is 0 Å². The van der Waals surface area contributed by atoms with Crippen LogP contribution in [0, 0.1) is 23.7 Å². The van der Waals surface area contributed by atoms with Crippen LogP contribution in [0.25, 0.3) is 0 Å². The van der Waals surface area contributed by atoms with Crippen LogP contribution in [0.1, 0.15) is 79.7 Å². The second-order valence-corrected chi connectivity index (χ2v) is 20.4. The first kappa shape index (κ1) is 58.2. The van der Waals surface area contributed by atoms with E-state index in [1.807, 2.05) is 65.3 Å². The molecule has 9 atom stereocenters. The second-order valence-electron chi connectivity index (χ2n) is 18.7. The van der Waals surface area contributed by atoms with Gasteiger partial charge < -0.3 is 35.2 Å². The quantitative estimate of drug-likeness (QED) is 0.116. The fraction of sp³-hybridized carbons (Fsp3) is 0.625. The summed E-state index contributed by atoms with van der Waals surface area (Å²) in [5.41, 5.74) is 0.237. The lowest BCUT2D eigenvalue weighted by molar-refractivity contribution is -0.167. The van der Waals surface area contributed by atoms with E-state index in [0.29, 0.717) is 31.4 Å². The van der Waals surface area contributed by atoms with Gasteiger partial charge in [-0.1, -0.05) is 85.2 Å². The normalized spacial score (nSPS) is 17.8. The predicted molar refractivity (Wildman–Crippen MR) is 254 cm³/mol. The van der Waals surface area contributed by atoms with Gasteiger partial charge in [0, 0.05) is 39.9 Å². The molecule has 17 nitrogen and oxygen atoms in total. The lowest BCUT2D eigenvalue weighted by atomic mass is 9.89. The Balaban J connectivity index is 1.84. The van der Waals surface area contributed by atoms with Gasteiger partial charge in [-0.25, -0.2) is 13.1 Å². The maximum Gasteiger partial charge on any atom is 0.471 e. The predicted octanol–water partition coefficient (Wildman–Crippen LogP) is 4.37. The van der Waals surface area contributed by atoms with Gasteiger partial charge in [0.05, 0.1) is 47.6 Å². The fourth-order valence-corrected chi connectivity index (χ4v) is 9.97. The summed E-state index contributed by atoms with van der Waals surface area (Å²) in [5, 5.41) is 7.28. The Morgan fingerprint density at radius 3 is 1.94 bits per heavy atom. The van der Waals surface area contributed by atoms with Crippen molar-refractivity contribution < 1.29 is 59.8 Å². The van der Waals surface area contributed by atoms with Crippen molar-refractivity contribution in [1.29, 1.82) is 0 Å². The van der Waals surface area contributed by atoms with E-state index in [4.69, 9.17) is 9.47 Å². The summed E-state index contributed by atoms with van der Waals surface area (Å²) in [6, 6.07) is 8.22. The minimum absolute atomic E-state index is 0.0175. The Morgan fingerprint density at radius 2 is 1.43 bits per heavy atom. The number of benzene rings is 2. The van der Waals surface area contributed by atoms with Gasteiger partial charge in [-0.15, -0.1) is 0 Å². The zero-order valence-electron chi connectivity index (χ0n) is 41.8. The Labute approximate surface area is 405 Å². The summed E-state index contributed by atoms with van der Waals surface area (Å²) >= 11 is 0. The number of carbonyl (C=O) groups is 6. The van der Waals surface area contributed by atoms with E-state index in [9.17, 15) is 50.4 Å². The number of hydrogen-bond acceptors (Lipinski definition) is 11. The third kappa shape index (κ3) is 15.7. The second kappa shape index (κ2) is 25.7. The van der Waals surface area contributed by atoms with Gasteiger partial charge in [-0.3, -0.25) is 33.7 Å². The smallest absolute Gasteiger partial charge is 0.379 e. The van der Waals surface area contributed by atoms with Crippen LogP contribution in [0.3, 0.4) is 0 Å². The lowest BCUT2D eigenvalue weighted by Crippen LogP contribution is -2.59. The Hall–Kier alpha value is -5.12. The minimum atomic E-state index is -5.18. The number of alkyl halides is 3. The van der Waals surface area contributed by atoms with Crippen LogP contribution in [-0.4, -0.2) is 149 Å². The van der Waals surface area contributed by atoms with Crippen molar-refractivity contribution in [3.05, 3.63) is 60.2 Å². The average Bonchev–Trinajstić information content (AvgIpc) is 3.77. The number of sulfonamides is 1. The van der Waals surface area contributed by atoms with Gasteiger partial charge in [0.2, 0.25) is 23.6 Å². The molecule has 21 heteroatoms. The summed E-state index contributed by atoms with van der Waals surface area (Å²) in [7, 11) is 3.53. The molecule has 0 saturated carbocycles. The summed E-state index contributed by atoms with van der Waals surface area (Å²) in [6.07, 6.45) is -5.39. The first-order valence-electron chi connectivity index (χ1n) is 23.2. The summed E-state index contributed by atoms with van der Waals surface area (Å²) in [4.78, 5) is 86.0. The van der Waals surface area contributed by atoms with Gasteiger partial charge in [0.1, 0.15) is 12.1 Å². The number of nitrogens with zero attached hydrogens (tertiary/aromatic N) is 3. The molecule has 3 rings (SSSR count). The molecule has 1 saturated heterocycles. The van der Waals surface area contributed by atoms with Crippen molar-refractivity contribution in [1.82, 2.24) is 30.1 Å². The summed E-state index contributed by atoms with van der Waals surface area (Å²) in [6.45, 7) is 13.5. The van der Waals surface area contributed by atoms with Gasteiger partial charge in [-0.2, -0.15) is 13.2 Å². The Bertz CT molecular complexity index is 2150. The van der Waals surface area contributed by atoms with E-state index in [2.05, 4.69) is 10.6 Å². The molecule has 0 bridgehead atoms. The van der Waals surface area contributed by atoms with E-state index < -0.39 is 87.2 Å². The number of halogens is 3. The molecule has 0 radical (unpaired) electrons. The van der Waals surface area contributed by atoms with Gasteiger partial charge in [0.15, 0.2) is 0 Å². The Kier molecular flexibility index (Phi) is 21.6. The third-order valence-corrected chi connectivity index (χ3v) is 14.1. The van der Waals surface area contributed by atoms with E-state index in [0.717, 1.165) is 24.3 Å². The third-order valence-electron chi connectivity index (χ3n) is 12.8. The molecule has 0 aliphatic carbocycles. The van der Waals surface area contributed by atoms with Crippen molar-refractivity contribution >= 4 is 51.2 Å². The molecular formula is C48H72F3N7O10S. The maximum atomic E-state index is 14.4. The number of rotatable bonds is 24. The molecule has 6 amide bonds. The van der Waals surface area contributed by atoms with Crippen LogP contribution in [0.2, 0.25) is 0 Å². The molecule has 0 aromatic heterocycles. The van der Waals surface area contributed by atoms with Crippen LogP contribution in [-0.2, 0) is 54.7 Å². The molecule has 2 aromatic rings. The lowest BCUT2D eigenvalue weighted by Gasteiger charge is -2.41. The molecule has 1 aliphatic heterocycles. The minimum Gasteiger partial charge on any atom is -0.379 e. The monoisotopic (exact) mass is 996 g/mol. The molecule has 2 aromatic carbocycles. The largest absolute Gasteiger partial charge is 0.471 e. The molecule has 1 heterocycles. The highest BCUT2D eigenvalue weighted by Gasteiger charge is 2.44. The van der Waals surface area contributed by atoms with E-state index in [-0.39, 0.29) is 54.0 Å². The highest BCUT2D eigenvalue weighted by atomic mass is 32.2. The molecule has 4 N–H and O–H groups in total. The maximum absolute atomic E-state index is 14.4. The molecule has 386 valence electrons. The zero-order valence-corrected chi connectivity index (χ0v) is 42.6. The molecule has 69 heavy (non-hydrogen) atoms. The highest BCUT2D eigenvalue weighted by Crippen LogP contribution is 2.30. The number of nitrogens with one attached hydrogen (secondary N) is 4. The number of likely N-dealkylation sites (tertiary alicyclic amines) is 1. The van der Waals surface area contributed by atoms with Crippen LogP contribution < -0.4 is 20.7 Å². The van der Waals surface area contributed by atoms with E-state index in [1.165, 1.54) is 14.2 Å². The van der Waals surface area contributed by atoms with Crippen LogP contribution in [0.4, 0.5) is 18.9 Å². The first-order chi connectivity index (χ1) is 32.2. The SMILES string of the molecule is CC[C@H](C)[C@@H]([C@H](CC(=O)N1CCC[C@H]1[C@H](OC)[C@@H](C)C(=O)N[C@@H](Cc1ccccc1)C(=O)NS(=O)(=O)c1ccc(NC(=O)C(F)(F)F)cc1)OC)N(C)C(=O)[C@@H](NC(=O)[C@H](C(C)C)N(C)C)C(C)C. The van der Waals surface area contributed by atoms with Gasteiger partial charge in [-0.05, 0) is 74.5 Å². The number of anilines is 1. The molecule has 1 fully saturated rings. The molecule has 0 unspecified atom stereocenters. The number of carbonyl (C=O) groups excluding carboxylic acids is 6. The van der Waals surface area contributed by atoms with Crippen molar-refractivity contribution in [3.8, 4) is 0 Å². The fourth-order valence-electron chi connectivity index (χ4n) is 8.96. The number of amides is 6. The summed E-state index contributed by atoms with van der Waals surface area (Å²) in [5.74, 6) is -6.32. The summed E-state index contributed by atoms with van der Waals surface area (Å²) < 4.78 is 78.8. The average molecular weight is 996 g/mol. The number of ether oxygens (including phenoxy) is 2. The highest BCUT2D eigenvalue weighted by molar-refractivity contribution is 7.90. The number of methoxy groups -OCH3 is 2. The molecule has 1 aliphatic rings. The zero-order chi connectivity index (χ0) is 52.1. The van der Waals surface area contributed by atoms with Gasteiger partial charge >= 0.3 is 12.1 Å². The Morgan fingerprint density at radius 1 is 0.826 bits per heavy atom. The van der Waals surface area contributed by atoms with Crippen LogP contribution in [0.15, 0.2) is 59.5 Å². The number of likely N-dealkylation sites (N-methyl/N-ethyl adjacent to an activating group) is 2. The van der Waals surface area contributed by atoms with Crippen molar-refractivity contribution in [2.75, 3.05) is 47.2 Å². The molecule has 0 spiro atoms. The van der Waals surface area contributed by atoms with Crippen LogP contribution in [0.5, 0.6) is 0 Å². The topological polar surface area (TPSA) is 213 Å².